The van der Waals surface area contributed by atoms with E-state index in [-0.39, 0.29) is 12.5 Å². The zero-order valence-electron chi connectivity index (χ0n) is 16.7. The monoisotopic (exact) mass is 374 g/mol. The van der Waals surface area contributed by atoms with Crippen LogP contribution in [-0.2, 0) is 16.0 Å². The van der Waals surface area contributed by atoms with Crippen LogP contribution < -0.4 is 4.74 Å². The van der Waals surface area contributed by atoms with Crippen LogP contribution in [0.5, 0.6) is 5.75 Å². The van der Waals surface area contributed by atoms with Crippen molar-refractivity contribution in [2.75, 3.05) is 46.5 Å². The third kappa shape index (κ3) is 6.22. The number of carbonyl (C=O) groups excluding carboxylic acids is 1. The quantitative estimate of drug-likeness (QED) is 0.798. The predicted octanol–water partition coefficient (Wildman–Crippen LogP) is 3.12. The number of amides is 1. The lowest BCUT2D eigenvalue weighted by Gasteiger charge is -2.36. The first-order valence-electron chi connectivity index (χ1n) is 10.5. The number of methoxy groups -OCH3 is 1. The molecule has 0 radical (unpaired) electrons. The van der Waals surface area contributed by atoms with Gasteiger partial charge in [0.2, 0.25) is 5.91 Å². The van der Waals surface area contributed by atoms with Gasteiger partial charge in [0.05, 0.1) is 6.54 Å². The molecule has 2 bridgehead atoms. The van der Waals surface area contributed by atoms with Crippen LogP contribution in [0.25, 0.3) is 0 Å². The Morgan fingerprint density at radius 1 is 1.11 bits per heavy atom. The van der Waals surface area contributed by atoms with Gasteiger partial charge in [-0.2, -0.15) is 0 Å². The molecule has 5 heteroatoms. The molecular weight excluding hydrogens is 340 g/mol. The van der Waals surface area contributed by atoms with E-state index in [1.165, 1.54) is 37.8 Å². The molecule has 1 atom stereocenters. The highest BCUT2D eigenvalue weighted by Gasteiger charge is 2.22. The lowest BCUT2D eigenvalue weighted by atomic mass is 9.95. The van der Waals surface area contributed by atoms with Crippen LogP contribution in [0.2, 0.25) is 0 Å². The number of piperidine rings is 1. The summed E-state index contributed by atoms with van der Waals surface area (Å²) in [4.78, 5) is 16.9. The fraction of sp³-hybridized carbons (Fsp3) is 0.682. The Hall–Kier alpha value is -1.59. The maximum absolute atomic E-state index is 12.3. The van der Waals surface area contributed by atoms with E-state index in [1.54, 1.807) is 7.11 Å². The molecule has 0 aromatic heterocycles. The fourth-order valence-corrected chi connectivity index (χ4v) is 4.27. The second-order valence-electron chi connectivity index (χ2n) is 7.74. The van der Waals surface area contributed by atoms with Gasteiger partial charge in [0.15, 0.2) is 0 Å². The maximum Gasteiger partial charge on any atom is 0.248 e. The molecule has 1 unspecified atom stereocenters. The van der Waals surface area contributed by atoms with E-state index in [4.69, 9.17) is 9.47 Å². The molecule has 1 saturated heterocycles. The van der Waals surface area contributed by atoms with Gasteiger partial charge in [-0.15, -0.1) is 0 Å². The predicted molar refractivity (Wildman–Crippen MR) is 107 cm³/mol. The molecule has 2 aliphatic heterocycles. The molecule has 5 nitrogen and oxygen atoms in total. The summed E-state index contributed by atoms with van der Waals surface area (Å²) in [6.07, 6.45) is 8.49. The SMILES string of the molecule is COCC(=O)N1CCCCN2CCCCC2CCc2cccc(c2)OCC1. The number of ether oxygens (including phenoxy) is 2. The molecule has 150 valence electrons. The third-order valence-corrected chi connectivity index (χ3v) is 5.79. The first-order valence-corrected chi connectivity index (χ1v) is 10.5. The molecule has 1 aromatic rings. The standard InChI is InChI=1S/C22H34N2O3/c1-26-18-22(25)24-14-5-4-13-23-12-3-2-8-20(23)11-10-19-7-6-9-21(17-19)27-16-15-24/h6-7,9,17,20H,2-5,8,10-16,18H2,1H3. The number of aryl methyl sites for hydroxylation is 1. The van der Waals surface area contributed by atoms with Crippen molar-refractivity contribution < 1.29 is 14.3 Å². The van der Waals surface area contributed by atoms with Crippen molar-refractivity contribution in [3.05, 3.63) is 29.8 Å². The van der Waals surface area contributed by atoms with Gasteiger partial charge < -0.3 is 19.3 Å². The molecule has 2 heterocycles. The Bertz CT molecular complexity index is 593. The second-order valence-corrected chi connectivity index (χ2v) is 7.74. The van der Waals surface area contributed by atoms with Gasteiger partial charge in [-0.3, -0.25) is 4.79 Å². The fourth-order valence-electron chi connectivity index (χ4n) is 4.27. The Morgan fingerprint density at radius 2 is 1.93 bits per heavy atom. The summed E-state index contributed by atoms with van der Waals surface area (Å²) in [5, 5.41) is 0. The van der Waals surface area contributed by atoms with Crippen molar-refractivity contribution in [2.45, 2.75) is 51.0 Å². The highest BCUT2D eigenvalue weighted by atomic mass is 16.5. The summed E-state index contributed by atoms with van der Waals surface area (Å²) < 4.78 is 11.0. The molecule has 2 aliphatic rings. The average Bonchev–Trinajstić information content (AvgIpc) is 2.69. The number of fused-ring (bicyclic) bond motifs is 3. The summed E-state index contributed by atoms with van der Waals surface area (Å²) in [6, 6.07) is 9.14. The molecule has 0 saturated carbocycles. The normalized spacial score (nSPS) is 22.9. The molecule has 0 spiro atoms. The van der Waals surface area contributed by atoms with E-state index in [2.05, 4.69) is 23.1 Å². The average molecular weight is 375 g/mol. The Kier molecular flexibility index (Phi) is 7.96. The van der Waals surface area contributed by atoms with E-state index in [0.29, 0.717) is 19.2 Å². The van der Waals surface area contributed by atoms with Gasteiger partial charge in [0, 0.05) is 19.7 Å². The largest absolute Gasteiger partial charge is 0.492 e. The van der Waals surface area contributed by atoms with Crippen molar-refractivity contribution in [1.82, 2.24) is 9.80 Å². The van der Waals surface area contributed by atoms with Gasteiger partial charge in [0.25, 0.3) is 0 Å². The summed E-state index contributed by atoms with van der Waals surface area (Å²) in [7, 11) is 1.57. The lowest BCUT2D eigenvalue weighted by Crippen LogP contribution is -2.41. The minimum absolute atomic E-state index is 0.0509. The first kappa shape index (κ1) is 20.2. The first-order chi connectivity index (χ1) is 13.3. The molecule has 0 aliphatic carbocycles. The minimum atomic E-state index is 0.0509. The zero-order valence-corrected chi connectivity index (χ0v) is 16.7. The van der Waals surface area contributed by atoms with Crippen molar-refractivity contribution in [3.8, 4) is 5.75 Å². The summed E-state index contributed by atoms with van der Waals surface area (Å²) in [5.41, 5.74) is 1.35. The highest BCUT2D eigenvalue weighted by Crippen LogP contribution is 2.23. The van der Waals surface area contributed by atoms with Crippen LogP contribution in [0, 0.1) is 0 Å². The highest BCUT2D eigenvalue weighted by molar-refractivity contribution is 5.77. The van der Waals surface area contributed by atoms with Gasteiger partial charge in [-0.25, -0.2) is 0 Å². The number of hydrogen-bond donors (Lipinski definition) is 0. The Balaban J connectivity index is 1.69. The molecule has 0 N–H and O–H groups in total. The van der Waals surface area contributed by atoms with Crippen molar-refractivity contribution in [3.63, 3.8) is 0 Å². The summed E-state index contributed by atoms with van der Waals surface area (Å²) >= 11 is 0. The van der Waals surface area contributed by atoms with Crippen LogP contribution in [0.3, 0.4) is 0 Å². The topological polar surface area (TPSA) is 42.0 Å². The van der Waals surface area contributed by atoms with E-state index in [0.717, 1.165) is 38.1 Å². The van der Waals surface area contributed by atoms with Gasteiger partial charge >= 0.3 is 0 Å². The minimum Gasteiger partial charge on any atom is -0.492 e. The molecule has 1 fully saturated rings. The van der Waals surface area contributed by atoms with Crippen molar-refractivity contribution in [2.24, 2.45) is 0 Å². The van der Waals surface area contributed by atoms with Gasteiger partial charge in [-0.05, 0) is 69.3 Å². The van der Waals surface area contributed by atoms with E-state index in [1.807, 2.05) is 11.0 Å². The molecule has 1 aromatic carbocycles. The maximum atomic E-state index is 12.3. The Labute approximate surface area is 163 Å². The van der Waals surface area contributed by atoms with Crippen LogP contribution in [0.15, 0.2) is 24.3 Å². The van der Waals surface area contributed by atoms with Crippen LogP contribution in [0.1, 0.15) is 44.1 Å². The van der Waals surface area contributed by atoms with Gasteiger partial charge in [0.1, 0.15) is 19.0 Å². The number of nitrogens with zero attached hydrogens (tertiary/aromatic N) is 2. The molecule has 1 amide bonds. The second kappa shape index (κ2) is 10.7. The van der Waals surface area contributed by atoms with E-state index >= 15 is 0 Å². The lowest BCUT2D eigenvalue weighted by molar-refractivity contribution is -0.135. The number of hydrogen-bond acceptors (Lipinski definition) is 4. The van der Waals surface area contributed by atoms with Crippen molar-refractivity contribution in [1.29, 1.82) is 0 Å². The molecule has 3 rings (SSSR count). The van der Waals surface area contributed by atoms with Crippen molar-refractivity contribution >= 4 is 5.91 Å². The number of benzene rings is 1. The van der Waals surface area contributed by atoms with E-state index < -0.39 is 0 Å². The van der Waals surface area contributed by atoms with Crippen LogP contribution in [-0.4, -0.2) is 68.3 Å². The molecule has 27 heavy (non-hydrogen) atoms. The molecular formula is C22H34N2O3. The van der Waals surface area contributed by atoms with Gasteiger partial charge in [-0.1, -0.05) is 18.6 Å². The number of rotatable bonds is 2. The zero-order chi connectivity index (χ0) is 18.9. The Morgan fingerprint density at radius 3 is 2.78 bits per heavy atom. The smallest absolute Gasteiger partial charge is 0.248 e. The number of carbonyl (C=O) groups is 1. The third-order valence-electron chi connectivity index (χ3n) is 5.79. The summed E-state index contributed by atoms with van der Waals surface area (Å²) in [5.74, 6) is 0.956. The van der Waals surface area contributed by atoms with Crippen LogP contribution in [0.4, 0.5) is 0 Å². The summed E-state index contributed by atoms with van der Waals surface area (Å²) in [6.45, 7) is 4.42. The van der Waals surface area contributed by atoms with E-state index in [9.17, 15) is 4.79 Å². The van der Waals surface area contributed by atoms with Crippen LogP contribution >= 0.6 is 0 Å².